The number of hydrogen-bond donors (Lipinski definition) is 0. The molecule has 0 saturated carbocycles. The number of imidazole rings is 1. The molecule has 28 heavy (non-hydrogen) atoms. The predicted molar refractivity (Wildman–Crippen MR) is 104 cm³/mol. The fraction of sp³-hybridized carbons (Fsp3) is 0.611. The van der Waals surface area contributed by atoms with Gasteiger partial charge in [-0.05, 0) is 19.5 Å². The van der Waals surface area contributed by atoms with Crippen molar-refractivity contribution >= 4 is 11.2 Å². The second-order valence-corrected chi connectivity index (χ2v) is 6.80. The summed E-state index contributed by atoms with van der Waals surface area (Å²) in [5.41, 5.74) is 0.101. The van der Waals surface area contributed by atoms with E-state index in [-0.39, 0.29) is 11.2 Å². The van der Waals surface area contributed by atoms with Crippen LogP contribution in [0.2, 0.25) is 0 Å². The standard InChI is InChI=1S/C18H27N7O3/c1-5-24(6-2)11-9-14-20-13(21-28-14)8-7-10-25-12-19-16-15(25)17(26)23(4)18(27)22(16)3/h12H,5-11H2,1-4H3. The Bertz CT molecular complexity index is 1060. The van der Waals surface area contributed by atoms with Gasteiger partial charge in [-0.2, -0.15) is 4.98 Å². The maximum absolute atomic E-state index is 12.4. The van der Waals surface area contributed by atoms with E-state index in [4.69, 9.17) is 4.52 Å². The van der Waals surface area contributed by atoms with Crippen molar-refractivity contribution in [2.45, 2.75) is 39.7 Å². The first-order valence-electron chi connectivity index (χ1n) is 9.60. The molecule has 0 bridgehead atoms. The van der Waals surface area contributed by atoms with Gasteiger partial charge in [0.05, 0.1) is 6.33 Å². The highest BCUT2D eigenvalue weighted by Gasteiger charge is 2.14. The third-order valence-corrected chi connectivity index (χ3v) is 5.06. The second-order valence-electron chi connectivity index (χ2n) is 6.80. The van der Waals surface area contributed by atoms with E-state index in [1.54, 1.807) is 17.9 Å². The molecule has 0 spiro atoms. The van der Waals surface area contributed by atoms with E-state index in [0.29, 0.717) is 35.8 Å². The van der Waals surface area contributed by atoms with Gasteiger partial charge in [-0.3, -0.25) is 13.9 Å². The number of hydrogen-bond acceptors (Lipinski definition) is 7. The van der Waals surface area contributed by atoms with Crippen LogP contribution in [0.25, 0.3) is 11.2 Å². The van der Waals surface area contributed by atoms with E-state index in [1.165, 1.54) is 11.6 Å². The van der Waals surface area contributed by atoms with E-state index < -0.39 is 0 Å². The molecule has 0 unspecified atom stereocenters. The van der Waals surface area contributed by atoms with Gasteiger partial charge in [-0.15, -0.1) is 0 Å². The van der Waals surface area contributed by atoms with Crippen molar-refractivity contribution in [1.82, 2.24) is 33.7 Å². The number of aromatic nitrogens is 6. The van der Waals surface area contributed by atoms with Crippen LogP contribution in [0.15, 0.2) is 20.4 Å². The molecule has 0 aliphatic carbocycles. The van der Waals surface area contributed by atoms with Crippen LogP contribution in [0.1, 0.15) is 32.0 Å². The van der Waals surface area contributed by atoms with Gasteiger partial charge in [0.2, 0.25) is 5.89 Å². The van der Waals surface area contributed by atoms with E-state index in [9.17, 15) is 9.59 Å². The number of rotatable bonds is 9. The van der Waals surface area contributed by atoms with Crippen molar-refractivity contribution in [3.63, 3.8) is 0 Å². The maximum atomic E-state index is 12.4. The van der Waals surface area contributed by atoms with Crippen LogP contribution in [0.3, 0.4) is 0 Å². The number of aryl methyl sites for hydroxylation is 3. The van der Waals surface area contributed by atoms with E-state index in [1.807, 2.05) is 0 Å². The summed E-state index contributed by atoms with van der Waals surface area (Å²) in [6.07, 6.45) is 3.70. The minimum Gasteiger partial charge on any atom is -0.339 e. The molecule has 0 saturated heterocycles. The second kappa shape index (κ2) is 8.51. The van der Waals surface area contributed by atoms with Crippen LogP contribution in [-0.2, 0) is 33.5 Å². The fourth-order valence-corrected chi connectivity index (χ4v) is 3.26. The number of nitrogens with zero attached hydrogens (tertiary/aromatic N) is 7. The summed E-state index contributed by atoms with van der Waals surface area (Å²) >= 11 is 0. The zero-order valence-electron chi connectivity index (χ0n) is 16.9. The Kier molecular flexibility index (Phi) is 6.08. The summed E-state index contributed by atoms with van der Waals surface area (Å²) in [4.78, 5) is 35.4. The third-order valence-electron chi connectivity index (χ3n) is 5.06. The number of fused-ring (bicyclic) bond motifs is 1. The molecule has 3 rings (SSSR count). The van der Waals surface area contributed by atoms with E-state index in [2.05, 4.69) is 33.9 Å². The third kappa shape index (κ3) is 3.91. The molecular weight excluding hydrogens is 362 g/mol. The van der Waals surface area contributed by atoms with Crippen LogP contribution in [0.5, 0.6) is 0 Å². The molecule has 0 amide bonds. The summed E-state index contributed by atoms with van der Waals surface area (Å²) in [6.45, 7) is 7.75. The average molecular weight is 389 g/mol. The van der Waals surface area contributed by atoms with Gasteiger partial charge in [0.1, 0.15) is 0 Å². The molecule has 0 radical (unpaired) electrons. The van der Waals surface area contributed by atoms with Gasteiger partial charge in [0.25, 0.3) is 5.56 Å². The molecule has 0 fully saturated rings. The number of likely N-dealkylation sites (N-methyl/N-ethyl adjacent to an activating group) is 1. The van der Waals surface area contributed by atoms with Gasteiger partial charge in [0, 0.05) is 40.0 Å². The van der Waals surface area contributed by atoms with Crippen molar-refractivity contribution in [3.05, 3.63) is 38.9 Å². The van der Waals surface area contributed by atoms with Crippen molar-refractivity contribution in [1.29, 1.82) is 0 Å². The topological polar surface area (TPSA) is 104 Å². The lowest BCUT2D eigenvalue weighted by molar-refractivity contribution is 0.286. The highest BCUT2D eigenvalue weighted by atomic mass is 16.5. The van der Waals surface area contributed by atoms with E-state index >= 15 is 0 Å². The minimum absolute atomic E-state index is 0.339. The molecule has 152 valence electrons. The van der Waals surface area contributed by atoms with Crippen molar-refractivity contribution in [3.8, 4) is 0 Å². The van der Waals surface area contributed by atoms with E-state index in [0.717, 1.165) is 37.0 Å². The lowest BCUT2D eigenvalue weighted by Crippen LogP contribution is -2.37. The van der Waals surface area contributed by atoms with Crippen molar-refractivity contribution in [2.24, 2.45) is 14.1 Å². The molecule has 0 atom stereocenters. The summed E-state index contributed by atoms with van der Waals surface area (Å²) in [5, 5.41) is 4.04. The van der Waals surface area contributed by atoms with Crippen LogP contribution < -0.4 is 11.2 Å². The Labute approximate surface area is 162 Å². The van der Waals surface area contributed by atoms with Crippen LogP contribution >= 0.6 is 0 Å². The Hall–Kier alpha value is -2.75. The summed E-state index contributed by atoms with van der Waals surface area (Å²) in [5.74, 6) is 1.32. The minimum atomic E-state index is -0.383. The Balaban J connectivity index is 1.63. The van der Waals surface area contributed by atoms with Gasteiger partial charge in [-0.1, -0.05) is 19.0 Å². The van der Waals surface area contributed by atoms with Gasteiger partial charge < -0.3 is 14.0 Å². The maximum Gasteiger partial charge on any atom is 0.332 e. The molecule has 0 N–H and O–H groups in total. The largest absolute Gasteiger partial charge is 0.339 e. The van der Waals surface area contributed by atoms with Crippen LogP contribution in [-0.4, -0.2) is 53.4 Å². The quantitative estimate of drug-likeness (QED) is 0.519. The molecule has 10 nitrogen and oxygen atoms in total. The SMILES string of the molecule is CCN(CC)CCc1nc(CCCn2cnc3c2c(=O)n(C)c(=O)n3C)no1. The first kappa shape index (κ1) is 20.0. The predicted octanol–water partition coefficient (Wildman–Crippen LogP) is 0.334. The zero-order valence-corrected chi connectivity index (χ0v) is 16.9. The van der Waals surface area contributed by atoms with Gasteiger partial charge in [0.15, 0.2) is 17.0 Å². The fourth-order valence-electron chi connectivity index (χ4n) is 3.26. The van der Waals surface area contributed by atoms with Crippen molar-refractivity contribution in [2.75, 3.05) is 19.6 Å². The summed E-state index contributed by atoms with van der Waals surface area (Å²) in [7, 11) is 3.08. The lowest BCUT2D eigenvalue weighted by Gasteiger charge is -2.15. The highest BCUT2D eigenvalue weighted by Crippen LogP contribution is 2.08. The first-order chi connectivity index (χ1) is 13.5. The normalized spacial score (nSPS) is 11.8. The molecule has 0 aliphatic rings. The Morgan fingerprint density at radius 3 is 2.57 bits per heavy atom. The average Bonchev–Trinajstić information content (AvgIpc) is 3.33. The van der Waals surface area contributed by atoms with Gasteiger partial charge in [-0.25, -0.2) is 9.78 Å². The summed E-state index contributed by atoms with van der Waals surface area (Å²) < 4.78 is 9.59. The van der Waals surface area contributed by atoms with Crippen LogP contribution in [0.4, 0.5) is 0 Å². The molecule has 0 aromatic carbocycles. The molecule has 3 aromatic rings. The van der Waals surface area contributed by atoms with Gasteiger partial charge >= 0.3 is 5.69 Å². The highest BCUT2D eigenvalue weighted by molar-refractivity contribution is 5.69. The molecule has 0 aliphatic heterocycles. The lowest BCUT2D eigenvalue weighted by atomic mass is 10.3. The first-order valence-corrected chi connectivity index (χ1v) is 9.60. The van der Waals surface area contributed by atoms with Crippen LogP contribution in [0, 0.1) is 0 Å². The molecule has 3 aromatic heterocycles. The molecule has 10 heteroatoms. The zero-order chi connectivity index (χ0) is 20.3. The Morgan fingerprint density at radius 2 is 1.86 bits per heavy atom. The summed E-state index contributed by atoms with van der Waals surface area (Å²) in [6, 6.07) is 0. The smallest absolute Gasteiger partial charge is 0.332 e. The molecular formula is C18H27N7O3. The van der Waals surface area contributed by atoms with Crippen molar-refractivity contribution < 1.29 is 4.52 Å². The molecule has 3 heterocycles. The Morgan fingerprint density at radius 1 is 1.11 bits per heavy atom. The monoisotopic (exact) mass is 389 g/mol.